The van der Waals surface area contributed by atoms with Crippen LogP contribution in [0.4, 0.5) is 0 Å². The maximum atomic E-state index is 12.6. The van der Waals surface area contributed by atoms with Crippen molar-refractivity contribution in [1.82, 2.24) is 29.8 Å². The molecule has 3 aromatic rings. The number of aromatic nitrogens is 4. The van der Waals surface area contributed by atoms with Gasteiger partial charge in [0.1, 0.15) is 5.82 Å². The number of nitrogens with zero attached hydrogens (tertiary/aromatic N) is 5. The molecular formula is C20H24N6O2. The Morgan fingerprint density at radius 3 is 3.07 bits per heavy atom. The lowest BCUT2D eigenvalue weighted by Crippen LogP contribution is -2.25. The van der Waals surface area contributed by atoms with E-state index in [1.807, 2.05) is 28.8 Å². The van der Waals surface area contributed by atoms with Gasteiger partial charge in [-0.15, -0.1) is 10.2 Å². The van der Waals surface area contributed by atoms with E-state index in [9.17, 15) is 4.79 Å². The predicted molar refractivity (Wildman–Crippen MR) is 104 cm³/mol. The van der Waals surface area contributed by atoms with Crippen molar-refractivity contribution >= 4 is 11.6 Å². The number of pyridine rings is 2. The van der Waals surface area contributed by atoms with E-state index in [-0.39, 0.29) is 5.91 Å². The minimum atomic E-state index is -0.126. The number of hydrogen-bond donors (Lipinski definition) is 1. The number of hydrogen-bond acceptors (Lipinski definition) is 6. The van der Waals surface area contributed by atoms with Crippen LogP contribution in [-0.2, 0) is 11.3 Å². The van der Waals surface area contributed by atoms with Crippen molar-refractivity contribution in [3.63, 3.8) is 0 Å². The molecule has 1 fully saturated rings. The van der Waals surface area contributed by atoms with E-state index in [4.69, 9.17) is 4.74 Å². The molecule has 0 aromatic carbocycles. The summed E-state index contributed by atoms with van der Waals surface area (Å²) in [6.07, 6.45) is 6.33. The summed E-state index contributed by atoms with van der Waals surface area (Å²) in [5, 5.41) is 11.6. The second-order valence-electron chi connectivity index (χ2n) is 7.03. The maximum absolute atomic E-state index is 12.6. The first-order chi connectivity index (χ1) is 13.7. The minimum Gasteiger partial charge on any atom is -0.383 e. The zero-order chi connectivity index (χ0) is 19.3. The van der Waals surface area contributed by atoms with Gasteiger partial charge in [-0.25, -0.2) is 0 Å². The smallest absolute Gasteiger partial charge is 0.253 e. The van der Waals surface area contributed by atoms with Gasteiger partial charge in [-0.1, -0.05) is 6.07 Å². The molecule has 1 N–H and O–H groups in total. The minimum absolute atomic E-state index is 0.126. The van der Waals surface area contributed by atoms with E-state index < -0.39 is 0 Å². The SMILES string of the molecule is COCCN1CCC(c2nnc3ccc(C(=O)NCc4cccnc4)cn23)C1. The highest BCUT2D eigenvalue weighted by atomic mass is 16.5. The average molecular weight is 380 g/mol. The number of likely N-dealkylation sites (tertiary alicyclic amines) is 1. The molecule has 1 saturated heterocycles. The first kappa shape index (κ1) is 18.5. The van der Waals surface area contributed by atoms with Crippen molar-refractivity contribution in [3.8, 4) is 0 Å². The second kappa shape index (κ2) is 8.45. The largest absolute Gasteiger partial charge is 0.383 e. The quantitative estimate of drug-likeness (QED) is 0.669. The summed E-state index contributed by atoms with van der Waals surface area (Å²) in [4.78, 5) is 19.0. The number of carbonyl (C=O) groups excluding carboxylic acids is 1. The second-order valence-corrected chi connectivity index (χ2v) is 7.03. The third-order valence-corrected chi connectivity index (χ3v) is 5.12. The van der Waals surface area contributed by atoms with E-state index in [1.165, 1.54) is 0 Å². The zero-order valence-electron chi connectivity index (χ0n) is 15.9. The van der Waals surface area contributed by atoms with Gasteiger partial charge in [-0.2, -0.15) is 0 Å². The van der Waals surface area contributed by atoms with Gasteiger partial charge in [0, 0.05) is 51.3 Å². The molecular weight excluding hydrogens is 356 g/mol. The fourth-order valence-corrected chi connectivity index (χ4v) is 3.58. The van der Waals surface area contributed by atoms with Crippen LogP contribution in [0.1, 0.15) is 34.1 Å². The zero-order valence-corrected chi connectivity index (χ0v) is 15.9. The number of methoxy groups -OCH3 is 1. The summed E-state index contributed by atoms with van der Waals surface area (Å²) in [6, 6.07) is 7.41. The summed E-state index contributed by atoms with van der Waals surface area (Å²) < 4.78 is 7.12. The summed E-state index contributed by atoms with van der Waals surface area (Å²) in [5.41, 5.74) is 2.31. The van der Waals surface area contributed by atoms with E-state index >= 15 is 0 Å². The molecule has 4 heterocycles. The first-order valence-corrected chi connectivity index (χ1v) is 9.47. The highest BCUT2D eigenvalue weighted by molar-refractivity contribution is 5.94. The third-order valence-electron chi connectivity index (χ3n) is 5.12. The van der Waals surface area contributed by atoms with Gasteiger partial charge in [-0.3, -0.25) is 14.2 Å². The lowest BCUT2D eigenvalue weighted by Gasteiger charge is -2.14. The van der Waals surface area contributed by atoms with Gasteiger partial charge in [0.25, 0.3) is 5.91 Å². The van der Waals surface area contributed by atoms with Crippen molar-refractivity contribution in [1.29, 1.82) is 0 Å². The number of rotatable bonds is 7. The van der Waals surface area contributed by atoms with Crippen LogP contribution < -0.4 is 5.32 Å². The van der Waals surface area contributed by atoms with Crippen molar-refractivity contribution in [2.45, 2.75) is 18.9 Å². The Bertz CT molecular complexity index is 942. The van der Waals surface area contributed by atoms with E-state index in [0.29, 0.717) is 18.0 Å². The monoisotopic (exact) mass is 380 g/mol. The van der Waals surface area contributed by atoms with Crippen LogP contribution in [0.15, 0.2) is 42.9 Å². The normalized spacial score (nSPS) is 17.2. The molecule has 0 saturated carbocycles. The molecule has 0 aliphatic carbocycles. The van der Waals surface area contributed by atoms with Crippen LogP contribution in [0.5, 0.6) is 0 Å². The number of carbonyl (C=O) groups is 1. The topological polar surface area (TPSA) is 84.6 Å². The molecule has 0 bridgehead atoms. The van der Waals surface area contributed by atoms with Gasteiger partial charge in [0.2, 0.25) is 0 Å². The Kier molecular flexibility index (Phi) is 5.59. The van der Waals surface area contributed by atoms with E-state index in [2.05, 4.69) is 25.4 Å². The van der Waals surface area contributed by atoms with Crippen LogP contribution in [0.2, 0.25) is 0 Å². The molecule has 1 aliphatic heterocycles. The molecule has 8 heteroatoms. The number of fused-ring (bicyclic) bond motifs is 1. The Morgan fingerprint density at radius 1 is 1.32 bits per heavy atom. The van der Waals surface area contributed by atoms with Crippen molar-refractivity contribution in [2.24, 2.45) is 0 Å². The van der Waals surface area contributed by atoms with E-state index in [1.54, 1.807) is 25.6 Å². The molecule has 3 aromatic heterocycles. The molecule has 146 valence electrons. The predicted octanol–water partition coefficient (Wildman–Crippen LogP) is 1.49. The summed E-state index contributed by atoms with van der Waals surface area (Å²) in [5.74, 6) is 1.09. The van der Waals surface area contributed by atoms with Gasteiger partial charge >= 0.3 is 0 Å². The lowest BCUT2D eigenvalue weighted by molar-refractivity contribution is 0.0950. The molecule has 1 atom stereocenters. The van der Waals surface area contributed by atoms with Gasteiger partial charge < -0.3 is 15.0 Å². The molecule has 4 rings (SSSR count). The first-order valence-electron chi connectivity index (χ1n) is 9.47. The highest BCUT2D eigenvalue weighted by Crippen LogP contribution is 2.26. The Balaban J connectivity index is 1.48. The van der Waals surface area contributed by atoms with Crippen LogP contribution in [0.25, 0.3) is 5.65 Å². The van der Waals surface area contributed by atoms with Gasteiger partial charge in [-0.05, 0) is 36.7 Å². The van der Waals surface area contributed by atoms with Crippen molar-refractivity contribution < 1.29 is 9.53 Å². The van der Waals surface area contributed by atoms with Crippen molar-refractivity contribution in [2.75, 3.05) is 33.4 Å². The summed E-state index contributed by atoms with van der Waals surface area (Å²) in [6.45, 7) is 4.05. The lowest BCUT2D eigenvalue weighted by atomic mass is 10.1. The summed E-state index contributed by atoms with van der Waals surface area (Å²) in [7, 11) is 1.72. The molecule has 8 nitrogen and oxygen atoms in total. The third kappa shape index (κ3) is 4.02. The maximum Gasteiger partial charge on any atom is 0.253 e. The number of nitrogens with one attached hydrogen (secondary N) is 1. The Hall–Kier alpha value is -2.84. The number of ether oxygens (including phenoxy) is 1. The van der Waals surface area contributed by atoms with Crippen LogP contribution in [0.3, 0.4) is 0 Å². The standard InChI is InChI=1S/C20H24N6O2/c1-28-10-9-25-8-6-16(13-25)19-24-23-18-5-4-17(14-26(18)19)20(27)22-12-15-3-2-7-21-11-15/h2-5,7,11,14,16H,6,8-10,12-13H2,1H3,(H,22,27). The van der Waals surface area contributed by atoms with E-state index in [0.717, 1.165) is 49.7 Å². The number of amides is 1. The molecule has 1 amide bonds. The van der Waals surface area contributed by atoms with Crippen molar-refractivity contribution in [3.05, 3.63) is 59.8 Å². The molecule has 0 spiro atoms. The van der Waals surface area contributed by atoms with Crippen LogP contribution in [0, 0.1) is 0 Å². The molecule has 1 aliphatic rings. The molecule has 1 unspecified atom stereocenters. The fraction of sp³-hybridized carbons (Fsp3) is 0.400. The Morgan fingerprint density at radius 2 is 2.25 bits per heavy atom. The summed E-state index contributed by atoms with van der Waals surface area (Å²) >= 11 is 0. The van der Waals surface area contributed by atoms with Gasteiger partial charge in [0.15, 0.2) is 5.65 Å². The Labute approximate surface area is 163 Å². The average Bonchev–Trinajstić information content (AvgIpc) is 3.37. The van der Waals surface area contributed by atoms with Gasteiger partial charge in [0.05, 0.1) is 12.2 Å². The van der Waals surface area contributed by atoms with Crippen LogP contribution in [-0.4, -0.2) is 63.7 Å². The molecule has 0 radical (unpaired) electrons. The highest BCUT2D eigenvalue weighted by Gasteiger charge is 2.27. The van der Waals surface area contributed by atoms with Crippen LogP contribution >= 0.6 is 0 Å². The molecule has 28 heavy (non-hydrogen) atoms. The fourth-order valence-electron chi connectivity index (χ4n) is 3.58.